The Balaban J connectivity index is 1.44. The lowest BCUT2D eigenvalue weighted by Gasteiger charge is -2.28. The molecule has 2 N–H and O–H groups in total. The van der Waals surface area contributed by atoms with Crippen LogP contribution in [0.1, 0.15) is 47.2 Å². The SMILES string of the molecule is CCC[C@H]1CCc2nc(NC(=O)c3cc(N4CCNC(=O)C4)ccn3)sc2C1. The Hall–Kier alpha value is -2.48. The van der Waals surface area contributed by atoms with Gasteiger partial charge in [0.25, 0.3) is 5.91 Å². The first-order valence-corrected chi connectivity index (χ1v) is 10.7. The Morgan fingerprint density at radius 2 is 2.36 bits per heavy atom. The summed E-state index contributed by atoms with van der Waals surface area (Å²) >= 11 is 1.59. The Labute approximate surface area is 168 Å². The van der Waals surface area contributed by atoms with Gasteiger partial charge in [0.1, 0.15) is 5.69 Å². The molecule has 7 nitrogen and oxygen atoms in total. The van der Waals surface area contributed by atoms with E-state index in [9.17, 15) is 9.59 Å². The molecule has 28 heavy (non-hydrogen) atoms. The minimum atomic E-state index is -0.264. The number of aryl methyl sites for hydroxylation is 1. The Morgan fingerprint density at radius 1 is 1.46 bits per heavy atom. The van der Waals surface area contributed by atoms with Crippen LogP contribution in [0.25, 0.3) is 0 Å². The van der Waals surface area contributed by atoms with Gasteiger partial charge in [-0.1, -0.05) is 19.8 Å². The molecule has 0 radical (unpaired) electrons. The molecule has 0 unspecified atom stereocenters. The number of hydrogen-bond acceptors (Lipinski definition) is 6. The highest BCUT2D eigenvalue weighted by Gasteiger charge is 2.23. The molecule has 2 aliphatic rings. The van der Waals surface area contributed by atoms with Gasteiger partial charge in [-0.15, -0.1) is 11.3 Å². The van der Waals surface area contributed by atoms with E-state index >= 15 is 0 Å². The average Bonchev–Trinajstić information content (AvgIpc) is 3.10. The Morgan fingerprint density at radius 3 is 3.18 bits per heavy atom. The Bertz CT molecular complexity index is 881. The van der Waals surface area contributed by atoms with E-state index in [0.29, 0.717) is 23.9 Å². The van der Waals surface area contributed by atoms with Crippen LogP contribution in [0.3, 0.4) is 0 Å². The number of fused-ring (bicyclic) bond motifs is 1. The van der Waals surface area contributed by atoms with Crippen molar-refractivity contribution in [2.45, 2.75) is 39.0 Å². The number of hydrogen-bond donors (Lipinski definition) is 2. The number of nitrogens with zero attached hydrogens (tertiary/aromatic N) is 3. The monoisotopic (exact) mass is 399 g/mol. The smallest absolute Gasteiger partial charge is 0.276 e. The summed E-state index contributed by atoms with van der Waals surface area (Å²) in [5.74, 6) is 0.463. The number of anilines is 2. The lowest BCUT2D eigenvalue weighted by molar-refractivity contribution is -0.120. The van der Waals surface area contributed by atoms with Crippen LogP contribution in [0.2, 0.25) is 0 Å². The molecular formula is C20H25N5O2S. The van der Waals surface area contributed by atoms with Crippen molar-refractivity contribution in [2.75, 3.05) is 29.9 Å². The molecule has 148 valence electrons. The molecule has 2 amide bonds. The zero-order valence-corrected chi connectivity index (χ0v) is 16.8. The summed E-state index contributed by atoms with van der Waals surface area (Å²) in [6.45, 7) is 3.84. The number of carbonyl (C=O) groups is 2. The molecule has 0 spiro atoms. The number of amides is 2. The van der Waals surface area contributed by atoms with Gasteiger partial charge >= 0.3 is 0 Å². The first kappa shape index (κ1) is 18.9. The van der Waals surface area contributed by atoms with Gasteiger partial charge in [-0.05, 0) is 37.3 Å². The predicted octanol–water partition coefficient (Wildman–Crippen LogP) is 2.63. The van der Waals surface area contributed by atoms with Crippen molar-refractivity contribution in [3.05, 3.63) is 34.6 Å². The van der Waals surface area contributed by atoms with E-state index in [1.54, 1.807) is 23.6 Å². The van der Waals surface area contributed by atoms with Crippen LogP contribution in [0.5, 0.6) is 0 Å². The van der Waals surface area contributed by atoms with E-state index < -0.39 is 0 Å². The van der Waals surface area contributed by atoms with Crippen LogP contribution < -0.4 is 15.5 Å². The highest BCUT2D eigenvalue weighted by atomic mass is 32.1. The highest BCUT2D eigenvalue weighted by Crippen LogP contribution is 2.34. The number of carbonyl (C=O) groups excluding carboxylic acids is 2. The minimum absolute atomic E-state index is 0.0104. The first-order valence-electron chi connectivity index (χ1n) is 9.90. The third-order valence-electron chi connectivity index (χ3n) is 5.34. The Kier molecular flexibility index (Phi) is 5.57. The molecule has 0 aromatic carbocycles. The maximum Gasteiger partial charge on any atom is 0.276 e. The zero-order valence-electron chi connectivity index (χ0n) is 16.0. The number of thiazole rings is 1. The van der Waals surface area contributed by atoms with E-state index in [2.05, 4.69) is 27.5 Å². The summed E-state index contributed by atoms with van der Waals surface area (Å²) in [6, 6.07) is 3.56. The molecule has 8 heteroatoms. The second kappa shape index (κ2) is 8.26. The summed E-state index contributed by atoms with van der Waals surface area (Å²) < 4.78 is 0. The minimum Gasteiger partial charge on any atom is -0.360 e. The van der Waals surface area contributed by atoms with E-state index in [1.807, 2.05) is 11.0 Å². The van der Waals surface area contributed by atoms with Crippen molar-refractivity contribution in [2.24, 2.45) is 5.92 Å². The van der Waals surface area contributed by atoms with Gasteiger partial charge in [0.05, 0.1) is 12.2 Å². The second-order valence-corrected chi connectivity index (χ2v) is 8.49. The molecule has 3 heterocycles. The molecule has 1 atom stereocenters. The van der Waals surface area contributed by atoms with E-state index in [0.717, 1.165) is 36.7 Å². The summed E-state index contributed by atoms with van der Waals surface area (Å²) in [5, 5.41) is 6.36. The fourth-order valence-electron chi connectivity index (χ4n) is 3.91. The number of piperazine rings is 1. The number of nitrogens with one attached hydrogen (secondary N) is 2. The van der Waals surface area contributed by atoms with Gasteiger partial charge in [-0.2, -0.15) is 0 Å². The number of aromatic nitrogens is 2. The van der Waals surface area contributed by atoms with Gasteiger partial charge in [0, 0.05) is 29.9 Å². The highest BCUT2D eigenvalue weighted by molar-refractivity contribution is 7.15. The topological polar surface area (TPSA) is 87.2 Å². The summed E-state index contributed by atoms with van der Waals surface area (Å²) in [4.78, 5) is 36.4. The molecular weight excluding hydrogens is 374 g/mol. The molecule has 1 aliphatic heterocycles. The normalized spacial score (nSPS) is 19.1. The van der Waals surface area contributed by atoms with Crippen molar-refractivity contribution in [3.63, 3.8) is 0 Å². The van der Waals surface area contributed by atoms with Gasteiger partial charge in [0.2, 0.25) is 5.91 Å². The largest absolute Gasteiger partial charge is 0.360 e. The van der Waals surface area contributed by atoms with Crippen molar-refractivity contribution < 1.29 is 9.59 Å². The van der Waals surface area contributed by atoms with Crippen LogP contribution in [-0.4, -0.2) is 41.4 Å². The maximum absolute atomic E-state index is 12.7. The standard InChI is InChI=1S/C20H25N5O2S/c1-2-3-13-4-5-15-17(10-13)28-20(23-15)24-19(27)16-11-14(6-7-21-16)25-9-8-22-18(26)12-25/h6-7,11,13H,2-5,8-10,12H2,1H3,(H,22,26)(H,23,24,27)/t13-/m0/s1. The van der Waals surface area contributed by atoms with Crippen LogP contribution in [0.15, 0.2) is 18.3 Å². The van der Waals surface area contributed by atoms with E-state index in [4.69, 9.17) is 0 Å². The van der Waals surface area contributed by atoms with Gasteiger partial charge < -0.3 is 10.2 Å². The van der Waals surface area contributed by atoms with Crippen molar-refractivity contribution in [1.82, 2.24) is 15.3 Å². The van der Waals surface area contributed by atoms with Crippen molar-refractivity contribution >= 4 is 34.0 Å². The second-order valence-electron chi connectivity index (χ2n) is 7.41. The molecule has 0 saturated carbocycles. The maximum atomic E-state index is 12.7. The molecule has 4 rings (SSSR count). The summed E-state index contributed by atoms with van der Waals surface area (Å²) in [5.41, 5.74) is 2.30. The fourth-order valence-corrected chi connectivity index (χ4v) is 5.03. The number of pyridine rings is 1. The van der Waals surface area contributed by atoms with Crippen LogP contribution >= 0.6 is 11.3 Å². The quantitative estimate of drug-likeness (QED) is 0.807. The van der Waals surface area contributed by atoms with Crippen LogP contribution in [-0.2, 0) is 17.6 Å². The lowest BCUT2D eigenvalue weighted by Crippen LogP contribution is -2.47. The molecule has 1 saturated heterocycles. The molecule has 2 aromatic rings. The number of rotatable bonds is 5. The van der Waals surface area contributed by atoms with Crippen molar-refractivity contribution in [3.8, 4) is 0 Å². The van der Waals surface area contributed by atoms with Gasteiger partial charge in [0.15, 0.2) is 5.13 Å². The first-order chi connectivity index (χ1) is 13.6. The molecule has 0 bridgehead atoms. The average molecular weight is 400 g/mol. The molecule has 1 fully saturated rings. The van der Waals surface area contributed by atoms with Crippen LogP contribution in [0.4, 0.5) is 10.8 Å². The zero-order chi connectivity index (χ0) is 19.5. The third-order valence-corrected chi connectivity index (χ3v) is 6.37. The summed E-state index contributed by atoms with van der Waals surface area (Å²) in [6.07, 6.45) is 7.33. The van der Waals surface area contributed by atoms with Crippen LogP contribution in [0, 0.1) is 5.92 Å². The molecule has 1 aliphatic carbocycles. The summed E-state index contributed by atoms with van der Waals surface area (Å²) in [7, 11) is 0. The van der Waals surface area contributed by atoms with E-state index in [-0.39, 0.29) is 11.8 Å². The lowest BCUT2D eigenvalue weighted by atomic mass is 9.88. The third kappa shape index (κ3) is 4.16. The van der Waals surface area contributed by atoms with Crippen molar-refractivity contribution in [1.29, 1.82) is 0 Å². The van der Waals surface area contributed by atoms with E-state index in [1.165, 1.54) is 24.1 Å². The predicted molar refractivity (Wildman–Crippen MR) is 110 cm³/mol. The fraction of sp³-hybridized carbons (Fsp3) is 0.500. The molecule has 2 aromatic heterocycles. The van der Waals surface area contributed by atoms with Gasteiger partial charge in [-0.3, -0.25) is 19.9 Å². The van der Waals surface area contributed by atoms with Gasteiger partial charge in [-0.25, -0.2) is 4.98 Å².